The molecule has 0 bridgehead atoms. The van der Waals surface area contributed by atoms with Gasteiger partial charge in [0.1, 0.15) is 11.3 Å². The molecule has 6 heteroatoms. The van der Waals surface area contributed by atoms with Crippen LogP contribution in [0.2, 0.25) is 5.02 Å². The van der Waals surface area contributed by atoms with E-state index in [1.165, 1.54) is 12.1 Å². The standard InChI is InChI=1S/C13H13ClFNO3/c1-13(2,6-12(17)18)5-11-16-9-3-7(14)8(15)4-10(9)19-11/h3-4H,5-6H2,1-2H3,(H,17,18). The molecule has 1 N–H and O–H groups in total. The highest BCUT2D eigenvalue weighted by Gasteiger charge is 2.25. The zero-order chi connectivity index (χ0) is 14.2. The van der Waals surface area contributed by atoms with Gasteiger partial charge in [-0.25, -0.2) is 9.37 Å². The Morgan fingerprint density at radius 2 is 2.21 bits per heavy atom. The summed E-state index contributed by atoms with van der Waals surface area (Å²) in [6.45, 7) is 3.62. The third kappa shape index (κ3) is 3.23. The van der Waals surface area contributed by atoms with Gasteiger partial charge in [0, 0.05) is 12.5 Å². The number of halogens is 2. The van der Waals surface area contributed by atoms with E-state index in [9.17, 15) is 9.18 Å². The molecule has 0 unspecified atom stereocenters. The number of carbonyl (C=O) groups is 1. The molecule has 0 amide bonds. The fraction of sp³-hybridized carbons (Fsp3) is 0.385. The van der Waals surface area contributed by atoms with Crippen molar-refractivity contribution in [3.8, 4) is 0 Å². The van der Waals surface area contributed by atoms with Crippen LogP contribution in [0.4, 0.5) is 4.39 Å². The van der Waals surface area contributed by atoms with Gasteiger partial charge in [0.05, 0.1) is 11.4 Å². The number of aromatic nitrogens is 1. The number of aliphatic carboxylic acids is 1. The Kier molecular flexibility index (Phi) is 3.49. The van der Waals surface area contributed by atoms with Crippen molar-refractivity contribution in [2.24, 2.45) is 5.41 Å². The molecule has 0 atom stereocenters. The SMILES string of the molecule is CC(C)(CC(=O)O)Cc1nc2cc(Cl)c(F)cc2o1. The first-order valence-electron chi connectivity index (χ1n) is 5.73. The molecule has 1 aromatic carbocycles. The number of oxazole rings is 1. The molecular weight excluding hydrogens is 273 g/mol. The first-order valence-corrected chi connectivity index (χ1v) is 6.11. The second-order valence-corrected chi connectivity index (χ2v) is 5.66. The normalized spacial score (nSPS) is 12.0. The van der Waals surface area contributed by atoms with E-state index in [2.05, 4.69) is 4.98 Å². The largest absolute Gasteiger partial charge is 0.481 e. The van der Waals surface area contributed by atoms with E-state index in [0.29, 0.717) is 23.4 Å². The van der Waals surface area contributed by atoms with Gasteiger partial charge in [0.2, 0.25) is 0 Å². The highest BCUT2D eigenvalue weighted by molar-refractivity contribution is 6.31. The van der Waals surface area contributed by atoms with Crippen LogP contribution in [-0.2, 0) is 11.2 Å². The van der Waals surface area contributed by atoms with Crippen molar-refractivity contribution in [1.29, 1.82) is 0 Å². The molecule has 0 aliphatic rings. The second-order valence-electron chi connectivity index (χ2n) is 5.25. The molecule has 0 spiro atoms. The molecule has 0 aliphatic carbocycles. The summed E-state index contributed by atoms with van der Waals surface area (Å²) >= 11 is 5.66. The molecule has 19 heavy (non-hydrogen) atoms. The molecule has 0 saturated carbocycles. The van der Waals surface area contributed by atoms with Crippen molar-refractivity contribution in [2.75, 3.05) is 0 Å². The minimum absolute atomic E-state index is 0.000836. The zero-order valence-electron chi connectivity index (χ0n) is 10.5. The maximum Gasteiger partial charge on any atom is 0.303 e. The lowest BCUT2D eigenvalue weighted by molar-refractivity contribution is -0.139. The van der Waals surface area contributed by atoms with Gasteiger partial charge in [-0.2, -0.15) is 0 Å². The number of fused-ring (bicyclic) bond motifs is 1. The number of carboxylic acids is 1. The Hall–Kier alpha value is -1.62. The van der Waals surface area contributed by atoms with Crippen LogP contribution in [0, 0.1) is 11.2 Å². The van der Waals surface area contributed by atoms with Crippen LogP contribution >= 0.6 is 11.6 Å². The molecule has 2 rings (SSSR count). The van der Waals surface area contributed by atoms with Crippen LogP contribution in [0.3, 0.4) is 0 Å². The Balaban J connectivity index is 2.29. The summed E-state index contributed by atoms with van der Waals surface area (Å²) in [6, 6.07) is 2.57. The molecule has 102 valence electrons. The minimum atomic E-state index is -0.879. The quantitative estimate of drug-likeness (QED) is 0.931. The average molecular weight is 286 g/mol. The molecule has 0 fully saturated rings. The monoisotopic (exact) mass is 285 g/mol. The number of benzene rings is 1. The summed E-state index contributed by atoms with van der Waals surface area (Å²) in [4.78, 5) is 14.9. The van der Waals surface area contributed by atoms with E-state index in [1.807, 2.05) is 13.8 Å². The van der Waals surface area contributed by atoms with Gasteiger partial charge >= 0.3 is 5.97 Å². The summed E-state index contributed by atoms with van der Waals surface area (Å²) in [5.41, 5.74) is 0.283. The molecule has 1 aromatic heterocycles. The number of hydrogen-bond acceptors (Lipinski definition) is 3. The predicted molar refractivity (Wildman–Crippen MR) is 68.7 cm³/mol. The van der Waals surface area contributed by atoms with Gasteiger partial charge in [0.15, 0.2) is 11.5 Å². The predicted octanol–water partition coefficient (Wildman–Crippen LogP) is 3.66. The van der Waals surface area contributed by atoms with E-state index >= 15 is 0 Å². The Morgan fingerprint density at radius 1 is 1.53 bits per heavy atom. The zero-order valence-corrected chi connectivity index (χ0v) is 11.3. The van der Waals surface area contributed by atoms with Crippen molar-refractivity contribution < 1.29 is 18.7 Å². The number of carboxylic acid groups (broad SMARTS) is 1. The van der Waals surface area contributed by atoms with Crippen molar-refractivity contribution >= 4 is 28.7 Å². The second kappa shape index (κ2) is 4.81. The van der Waals surface area contributed by atoms with Crippen molar-refractivity contribution in [3.05, 3.63) is 28.9 Å². The van der Waals surface area contributed by atoms with Gasteiger partial charge in [-0.3, -0.25) is 4.79 Å². The molecule has 1 heterocycles. The molecule has 4 nitrogen and oxygen atoms in total. The van der Waals surface area contributed by atoms with Crippen LogP contribution in [0.25, 0.3) is 11.1 Å². The van der Waals surface area contributed by atoms with E-state index in [4.69, 9.17) is 21.1 Å². The maximum absolute atomic E-state index is 13.3. The lowest BCUT2D eigenvalue weighted by atomic mass is 9.86. The van der Waals surface area contributed by atoms with Crippen LogP contribution < -0.4 is 0 Å². The summed E-state index contributed by atoms with van der Waals surface area (Å²) in [7, 11) is 0. The lowest BCUT2D eigenvalue weighted by Crippen LogP contribution is -2.19. The van der Waals surface area contributed by atoms with E-state index in [-0.39, 0.29) is 11.4 Å². The molecule has 0 aliphatic heterocycles. The highest BCUT2D eigenvalue weighted by atomic mass is 35.5. The van der Waals surface area contributed by atoms with E-state index in [1.54, 1.807) is 0 Å². The summed E-state index contributed by atoms with van der Waals surface area (Å²) in [5.74, 6) is -1.07. The van der Waals surface area contributed by atoms with Gasteiger partial charge in [-0.05, 0) is 11.5 Å². The van der Waals surface area contributed by atoms with Gasteiger partial charge < -0.3 is 9.52 Å². The van der Waals surface area contributed by atoms with E-state index < -0.39 is 17.2 Å². The van der Waals surface area contributed by atoms with Crippen LogP contribution in [0.1, 0.15) is 26.2 Å². The van der Waals surface area contributed by atoms with E-state index in [0.717, 1.165) is 0 Å². The van der Waals surface area contributed by atoms with Crippen molar-refractivity contribution in [2.45, 2.75) is 26.7 Å². The molecule has 0 saturated heterocycles. The van der Waals surface area contributed by atoms with Gasteiger partial charge in [0.25, 0.3) is 0 Å². The summed E-state index contributed by atoms with van der Waals surface area (Å²) in [6.07, 6.45) is 0.355. The molecule has 0 radical (unpaired) electrons. The van der Waals surface area contributed by atoms with Gasteiger partial charge in [-0.15, -0.1) is 0 Å². The van der Waals surface area contributed by atoms with Crippen molar-refractivity contribution in [3.63, 3.8) is 0 Å². The average Bonchev–Trinajstić information content (AvgIpc) is 2.56. The van der Waals surface area contributed by atoms with Gasteiger partial charge in [-0.1, -0.05) is 25.4 Å². The Bertz CT molecular complexity index is 597. The van der Waals surface area contributed by atoms with Crippen LogP contribution in [-0.4, -0.2) is 16.1 Å². The number of rotatable bonds is 4. The van der Waals surface area contributed by atoms with Crippen LogP contribution in [0.5, 0.6) is 0 Å². The topological polar surface area (TPSA) is 63.3 Å². The first-order chi connectivity index (χ1) is 8.77. The fourth-order valence-electron chi connectivity index (χ4n) is 1.93. The molecule has 2 aromatic rings. The summed E-state index contributed by atoms with van der Waals surface area (Å²) < 4.78 is 18.7. The maximum atomic E-state index is 13.3. The number of hydrogen-bond donors (Lipinski definition) is 1. The smallest absolute Gasteiger partial charge is 0.303 e. The highest BCUT2D eigenvalue weighted by Crippen LogP contribution is 2.29. The Labute approximate surface area is 114 Å². The Morgan fingerprint density at radius 3 is 2.84 bits per heavy atom. The lowest BCUT2D eigenvalue weighted by Gasteiger charge is -2.19. The fourth-order valence-corrected chi connectivity index (χ4v) is 2.09. The third-order valence-electron chi connectivity index (χ3n) is 2.73. The van der Waals surface area contributed by atoms with Crippen LogP contribution in [0.15, 0.2) is 16.5 Å². The first kappa shape index (κ1) is 13.8. The third-order valence-corrected chi connectivity index (χ3v) is 3.02. The molecular formula is C13H13ClFNO3. The van der Waals surface area contributed by atoms with Crippen molar-refractivity contribution in [1.82, 2.24) is 4.98 Å². The minimum Gasteiger partial charge on any atom is -0.481 e. The number of nitrogens with zero attached hydrogens (tertiary/aromatic N) is 1. The summed E-state index contributed by atoms with van der Waals surface area (Å²) in [5, 5.41) is 8.81.